The van der Waals surface area contributed by atoms with E-state index in [9.17, 15) is 9.59 Å². The molecule has 0 atom stereocenters. The van der Waals surface area contributed by atoms with Gasteiger partial charge < -0.3 is 5.32 Å². The summed E-state index contributed by atoms with van der Waals surface area (Å²) in [6.45, 7) is 0.734. The summed E-state index contributed by atoms with van der Waals surface area (Å²) >= 11 is 0. The summed E-state index contributed by atoms with van der Waals surface area (Å²) in [5, 5.41) is 15.3. The van der Waals surface area contributed by atoms with E-state index in [0.717, 1.165) is 12.0 Å². The second kappa shape index (κ2) is 7.03. The van der Waals surface area contributed by atoms with E-state index < -0.39 is 0 Å². The number of amides is 1. The lowest BCUT2D eigenvalue weighted by molar-refractivity contribution is -0.121. The highest BCUT2D eigenvalue weighted by Crippen LogP contribution is 2.03. The summed E-state index contributed by atoms with van der Waals surface area (Å²) in [6.07, 6.45) is 4.59. The smallest absolute Gasteiger partial charge is 0.277 e. The lowest BCUT2D eigenvalue weighted by atomic mass is 10.2. The fraction of sp³-hybridized carbons (Fsp3) is 0.312. The van der Waals surface area contributed by atoms with Crippen LogP contribution in [-0.2, 0) is 24.8 Å². The van der Waals surface area contributed by atoms with Crippen LogP contribution in [0.5, 0.6) is 0 Å². The number of hydrogen-bond acceptors (Lipinski definition) is 5. The molecule has 1 amide bonds. The Morgan fingerprint density at radius 3 is 2.92 bits per heavy atom. The minimum Gasteiger partial charge on any atom is -0.356 e. The minimum atomic E-state index is -0.233. The maximum Gasteiger partial charge on any atom is 0.277 e. The zero-order valence-electron chi connectivity index (χ0n) is 13.3. The van der Waals surface area contributed by atoms with Crippen molar-refractivity contribution in [1.82, 2.24) is 30.1 Å². The Kier molecular flexibility index (Phi) is 4.64. The molecule has 3 rings (SSSR count). The van der Waals surface area contributed by atoms with Gasteiger partial charge in [-0.3, -0.25) is 14.3 Å². The average Bonchev–Trinajstić information content (AvgIpc) is 3.00. The zero-order chi connectivity index (χ0) is 16.9. The van der Waals surface area contributed by atoms with Crippen LogP contribution in [0, 0.1) is 0 Å². The first-order valence-corrected chi connectivity index (χ1v) is 7.70. The van der Waals surface area contributed by atoms with Crippen LogP contribution in [0.1, 0.15) is 12.0 Å². The first kappa shape index (κ1) is 15.9. The van der Waals surface area contributed by atoms with Gasteiger partial charge in [0.25, 0.3) is 5.56 Å². The third-order valence-corrected chi connectivity index (χ3v) is 3.67. The van der Waals surface area contributed by atoms with Gasteiger partial charge in [0.15, 0.2) is 0 Å². The van der Waals surface area contributed by atoms with E-state index in [4.69, 9.17) is 0 Å². The third-order valence-electron chi connectivity index (χ3n) is 3.67. The van der Waals surface area contributed by atoms with Crippen molar-refractivity contribution in [3.05, 3.63) is 52.6 Å². The Bertz CT molecular complexity index is 914. The Balaban J connectivity index is 1.53. The standard InChI is InChI=1S/C16H18N6O2/c1-21-11-12(10-18-21)6-8-17-15(23)7-9-22-16(24)13-4-2-3-5-14(13)19-20-22/h2-5,10-11H,6-9H2,1H3,(H,17,23). The monoisotopic (exact) mass is 326 g/mol. The number of aromatic nitrogens is 5. The molecule has 0 aliphatic heterocycles. The second-order valence-corrected chi connectivity index (χ2v) is 5.51. The number of fused-ring (bicyclic) bond motifs is 1. The summed E-state index contributed by atoms with van der Waals surface area (Å²) in [5.41, 5.74) is 1.39. The Hall–Kier alpha value is -3.03. The van der Waals surface area contributed by atoms with Gasteiger partial charge in [0.2, 0.25) is 5.91 Å². The predicted molar refractivity (Wildman–Crippen MR) is 88.3 cm³/mol. The van der Waals surface area contributed by atoms with Crippen molar-refractivity contribution in [2.24, 2.45) is 7.05 Å². The molecule has 1 N–H and O–H groups in total. The van der Waals surface area contributed by atoms with Crippen LogP contribution >= 0.6 is 0 Å². The fourth-order valence-corrected chi connectivity index (χ4v) is 2.41. The number of hydrogen-bond donors (Lipinski definition) is 1. The maximum atomic E-state index is 12.3. The molecule has 8 heteroatoms. The molecular weight excluding hydrogens is 308 g/mol. The first-order valence-electron chi connectivity index (χ1n) is 7.70. The van der Waals surface area contributed by atoms with E-state index in [2.05, 4.69) is 20.7 Å². The number of nitrogens with zero attached hydrogens (tertiary/aromatic N) is 5. The van der Waals surface area contributed by atoms with Crippen LogP contribution in [0.25, 0.3) is 10.9 Å². The van der Waals surface area contributed by atoms with Gasteiger partial charge in [-0.15, -0.1) is 5.10 Å². The van der Waals surface area contributed by atoms with Crippen molar-refractivity contribution in [1.29, 1.82) is 0 Å². The Morgan fingerprint density at radius 1 is 1.29 bits per heavy atom. The molecule has 0 aliphatic rings. The highest BCUT2D eigenvalue weighted by Gasteiger charge is 2.07. The number of aryl methyl sites for hydroxylation is 2. The molecule has 0 unspecified atom stereocenters. The molecule has 0 saturated carbocycles. The van der Waals surface area contributed by atoms with Gasteiger partial charge in [-0.2, -0.15) is 5.10 Å². The van der Waals surface area contributed by atoms with Gasteiger partial charge in [0, 0.05) is 26.2 Å². The highest BCUT2D eigenvalue weighted by atomic mass is 16.2. The molecule has 0 spiro atoms. The molecule has 3 aromatic rings. The average molecular weight is 326 g/mol. The van der Waals surface area contributed by atoms with Crippen molar-refractivity contribution in [2.75, 3.05) is 6.54 Å². The van der Waals surface area contributed by atoms with Gasteiger partial charge >= 0.3 is 0 Å². The number of rotatable bonds is 6. The Morgan fingerprint density at radius 2 is 2.12 bits per heavy atom. The van der Waals surface area contributed by atoms with Crippen LogP contribution in [0.15, 0.2) is 41.5 Å². The van der Waals surface area contributed by atoms with Crippen molar-refractivity contribution in [3.63, 3.8) is 0 Å². The number of carbonyl (C=O) groups excluding carboxylic acids is 1. The van der Waals surface area contributed by atoms with E-state index >= 15 is 0 Å². The van der Waals surface area contributed by atoms with Gasteiger partial charge in [0.05, 0.1) is 18.1 Å². The second-order valence-electron chi connectivity index (χ2n) is 5.51. The highest BCUT2D eigenvalue weighted by molar-refractivity contribution is 5.77. The van der Waals surface area contributed by atoms with E-state index in [1.54, 1.807) is 35.1 Å². The summed E-state index contributed by atoms with van der Waals surface area (Å²) < 4.78 is 2.95. The molecule has 2 aromatic heterocycles. The minimum absolute atomic E-state index is 0.124. The third kappa shape index (κ3) is 3.65. The molecule has 24 heavy (non-hydrogen) atoms. The van der Waals surface area contributed by atoms with E-state index in [0.29, 0.717) is 17.4 Å². The van der Waals surface area contributed by atoms with Crippen molar-refractivity contribution in [3.8, 4) is 0 Å². The molecule has 0 saturated heterocycles. The molecule has 2 heterocycles. The molecule has 0 bridgehead atoms. The lowest BCUT2D eigenvalue weighted by Gasteiger charge is -2.06. The number of carbonyl (C=O) groups is 1. The first-order chi connectivity index (χ1) is 11.6. The fourth-order valence-electron chi connectivity index (χ4n) is 2.41. The maximum absolute atomic E-state index is 12.3. The molecule has 124 valence electrons. The van der Waals surface area contributed by atoms with Gasteiger partial charge in [-0.25, -0.2) is 4.68 Å². The summed E-state index contributed by atoms with van der Waals surface area (Å²) in [5.74, 6) is -0.124. The van der Waals surface area contributed by atoms with Crippen LogP contribution in [-0.4, -0.2) is 37.2 Å². The van der Waals surface area contributed by atoms with Gasteiger partial charge in [-0.05, 0) is 24.1 Å². The molecular formula is C16H18N6O2. The van der Waals surface area contributed by atoms with E-state index in [1.165, 1.54) is 4.68 Å². The number of nitrogens with one attached hydrogen (secondary N) is 1. The van der Waals surface area contributed by atoms with Crippen LogP contribution < -0.4 is 10.9 Å². The van der Waals surface area contributed by atoms with Gasteiger partial charge in [0.1, 0.15) is 5.52 Å². The molecule has 0 radical (unpaired) electrons. The van der Waals surface area contributed by atoms with Crippen molar-refractivity contribution in [2.45, 2.75) is 19.4 Å². The van der Waals surface area contributed by atoms with Gasteiger partial charge in [-0.1, -0.05) is 17.3 Å². The molecule has 8 nitrogen and oxygen atoms in total. The topological polar surface area (TPSA) is 94.7 Å². The Labute approximate surface area is 138 Å². The lowest BCUT2D eigenvalue weighted by Crippen LogP contribution is -2.30. The van der Waals surface area contributed by atoms with Crippen LogP contribution in [0.4, 0.5) is 0 Å². The summed E-state index contributed by atoms with van der Waals surface area (Å²) in [7, 11) is 1.85. The normalized spacial score (nSPS) is 10.9. The predicted octanol–water partition coefficient (Wildman–Crippen LogP) is 0.274. The number of benzene rings is 1. The summed E-state index contributed by atoms with van der Waals surface area (Å²) in [6, 6.07) is 7.02. The largest absolute Gasteiger partial charge is 0.356 e. The van der Waals surface area contributed by atoms with Crippen molar-refractivity contribution < 1.29 is 4.79 Å². The molecule has 0 aliphatic carbocycles. The quantitative estimate of drug-likeness (QED) is 0.702. The van der Waals surface area contributed by atoms with Crippen molar-refractivity contribution >= 4 is 16.8 Å². The van der Waals surface area contributed by atoms with E-state index in [1.807, 2.05) is 13.2 Å². The molecule has 0 fully saturated rings. The molecule has 1 aromatic carbocycles. The SMILES string of the molecule is Cn1cc(CCNC(=O)CCn2nnc3ccccc3c2=O)cn1. The van der Waals surface area contributed by atoms with Crippen LogP contribution in [0.3, 0.4) is 0 Å². The van der Waals surface area contributed by atoms with Crippen LogP contribution in [0.2, 0.25) is 0 Å². The van der Waals surface area contributed by atoms with E-state index in [-0.39, 0.29) is 24.4 Å². The summed E-state index contributed by atoms with van der Waals surface area (Å²) in [4.78, 5) is 24.2. The zero-order valence-corrected chi connectivity index (χ0v) is 13.3.